The minimum atomic E-state index is -0.345. The van der Waals surface area contributed by atoms with Gasteiger partial charge in [0.05, 0.1) is 5.69 Å². The maximum Gasteiger partial charge on any atom is 0.277 e. The molecular formula is C18H16N2O3. The highest BCUT2D eigenvalue weighted by Crippen LogP contribution is 2.29. The lowest BCUT2D eigenvalue weighted by Gasteiger charge is -2.11. The second kappa shape index (κ2) is 6.36. The smallest absolute Gasteiger partial charge is 0.277 e. The number of ether oxygens (including phenoxy) is 1. The first-order valence-electron chi connectivity index (χ1n) is 7.20. The lowest BCUT2D eigenvalue weighted by Crippen LogP contribution is -2.12. The molecule has 0 unspecified atom stereocenters. The van der Waals surface area contributed by atoms with Crippen LogP contribution in [0.2, 0.25) is 0 Å². The minimum Gasteiger partial charge on any atom is -0.455 e. The van der Waals surface area contributed by atoms with Gasteiger partial charge in [0, 0.05) is 6.07 Å². The van der Waals surface area contributed by atoms with Crippen LogP contribution in [0.1, 0.15) is 21.8 Å². The summed E-state index contributed by atoms with van der Waals surface area (Å²) in [4.78, 5) is 12.2. The number of nitrogens with one attached hydrogen (secondary N) is 1. The maximum atomic E-state index is 12.2. The van der Waals surface area contributed by atoms with Gasteiger partial charge in [-0.25, -0.2) is 0 Å². The van der Waals surface area contributed by atoms with Gasteiger partial charge in [-0.3, -0.25) is 4.79 Å². The summed E-state index contributed by atoms with van der Waals surface area (Å²) < 4.78 is 10.8. The topological polar surface area (TPSA) is 64.4 Å². The van der Waals surface area contributed by atoms with Gasteiger partial charge in [0.25, 0.3) is 5.91 Å². The van der Waals surface area contributed by atoms with Crippen molar-refractivity contribution in [1.29, 1.82) is 0 Å². The molecule has 3 aromatic rings. The van der Waals surface area contributed by atoms with E-state index in [1.165, 1.54) is 0 Å². The molecule has 1 N–H and O–H groups in total. The fourth-order valence-corrected chi connectivity index (χ4v) is 2.12. The molecule has 23 heavy (non-hydrogen) atoms. The molecule has 0 radical (unpaired) electrons. The Hall–Kier alpha value is -3.08. The Bertz CT molecular complexity index is 840. The minimum absolute atomic E-state index is 0.229. The summed E-state index contributed by atoms with van der Waals surface area (Å²) in [5.74, 6) is 1.51. The molecule has 1 heterocycles. The van der Waals surface area contributed by atoms with E-state index in [9.17, 15) is 4.79 Å². The van der Waals surface area contributed by atoms with Gasteiger partial charge in [0.1, 0.15) is 11.5 Å². The van der Waals surface area contributed by atoms with E-state index >= 15 is 0 Å². The number of hydrogen-bond donors (Lipinski definition) is 1. The maximum absolute atomic E-state index is 12.2. The van der Waals surface area contributed by atoms with Crippen LogP contribution in [-0.4, -0.2) is 11.1 Å². The van der Waals surface area contributed by atoms with Crippen molar-refractivity contribution in [2.24, 2.45) is 0 Å². The van der Waals surface area contributed by atoms with E-state index < -0.39 is 0 Å². The molecule has 0 saturated heterocycles. The number of nitrogens with zero attached hydrogens (tertiary/aromatic N) is 1. The summed E-state index contributed by atoms with van der Waals surface area (Å²) in [6, 6.07) is 16.5. The Morgan fingerprint density at radius 3 is 2.65 bits per heavy atom. The summed E-state index contributed by atoms with van der Waals surface area (Å²) >= 11 is 0. The van der Waals surface area contributed by atoms with Crippen LogP contribution in [0, 0.1) is 13.8 Å². The predicted octanol–water partition coefficient (Wildman–Crippen LogP) is 4.34. The molecule has 5 heteroatoms. The van der Waals surface area contributed by atoms with E-state index in [0.29, 0.717) is 22.9 Å². The number of benzene rings is 2. The number of aromatic nitrogens is 1. The van der Waals surface area contributed by atoms with Crippen LogP contribution < -0.4 is 10.1 Å². The molecule has 5 nitrogen and oxygen atoms in total. The van der Waals surface area contributed by atoms with Gasteiger partial charge >= 0.3 is 0 Å². The summed E-state index contributed by atoms with van der Waals surface area (Å²) in [6.07, 6.45) is 0. The van der Waals surface area contributed by atoms with Crippen molar-refractivity contribution in [3.05, 3.63) is 71.6 Å². The Kier molecular flexibility index (Phi) is 4.10. The van der Waals surface area contributed by atoms with E-state index in [1.807, 2.05) is 43.3 Å². The van der Waals surface area contributed by atoms with E-state index in [2.05, 4.69) is 10.5 Å². The SMILES string of the molecule is Cc1cccc(Oc2ccccc2NC(=O)c2cc(C)on2)c1. The van der Waals surface area contributed by atoms with Gasteiger partial charge < -0.3 is 14.6 Å². The van der Waals surface area contributed by atoms with Crippen molar-refractivity contribution >= 4 is 11.6 Å². The molecule has 116 valence electrons. The number of anilines is 1. The van der Waals surface area contributed by atoms with Gasteiger partial charge in [-0.15, -0.1) is 0 Å². The highest BCUT2D eigenvalue weighted by Gasteiger charge is 2.13. The molecule has 1 amide bonds. The Balaban J connectivity index is 1.82. The number of para-hydroxylation sites is 2. The van der Waals surface area contributed by atoms with Crippen molar-refractivity contribution in [1.82, 2.24) is 5.16 Å². The van der Waals surface area contributed by atoms with Gasteiger partial charge in [0.15, 0.2) is 11.4 Å². The summed E-state index contributed by atoms with van der Waals surface area (Å²) in [5, 5.41) is 6.50. The van der Waals surface area contributed by atoms with Crippen LogP contribution in [0.15, 0.2) is 59.1 Å². The lowest BCUT2D eigenvalue weighted by molar-refractivity contribution is 0.101. The molecule has 0 bridgehead atoms. The summed E-state index contributed by atoms with van der Waals surface area (Å²) in [5.41, 5.74) is 1.90. The second-order valence-corrected chi connectivity index (χ2v) is 5.19. The van der Waals surface area contributed by atoms with Crippen molar-refractivity contribution in [3.63, 3.8) is 0 Å². The van der Waals surface area contributed by atoms with E-state index in [4.69, 9.17) is 9.26 Å². The highest BCUT2D eigenvalue weighted by molar-refractivity contribution is 6.03. The van der Waals surface area contributed by atoms with Gasteiger partial charge in [-0.05, 0) is 43.7 Å². The molecule has 0 aliphatic carbocycles. The predicted molar refractivity (Wildman–Crippen MR) is 86.9 cm³/mol. The van der Waals surface area contributed by atoms with Crippen LogP contribution in [0.4, 0.5) is 5.69 Å². The molecule has 0 atom stereocenters. The largest absolute Gasteiger partial charge is 0.455 e. The molecule has 2 aromatic carbocycles. The fourth-order valence-electron chi connectivity index (χ4n) is 2.12. The first kappa shape index (κ1) is 14.8. The molecule has 0 aliphatic rings. The number of aryl methyl sites for hydroxylation is 2. The molecule has 1 aromatic heterocycles. The standard InChI is InChI=1S/C18H16N2O3/c1-12-6-5-7-14(10-12)22-17-9-4-3-8-15(17)19-18(21)16-11-13(2)23-20-16/h3-11H,1-2H3,(H,19,21). The third kappa shape index (κ3) is 3.58. The number of amides is 1. The number of carbonyl (C=O) groups is 1. The van der Waals surface area contributed by atoms with Gasteiger partial charge in [-0.2, -0.15) is 0 Å². The third-order valence-electron chi connectivity index (χ3n) is 3.21. The van der Waals surface area contributed by atoms with Crippen molar-refractivity contribution in [2.75, 3.05) is 5.32 Å². The average Bonchev–Trinajstić information content (AvgIpc) is 2.96. The molecule has 3 rings (SSSR count). The first-order valence-corrected chi connectivity index (χ1v) is 7.20. The van der Waals surface area contributed by atoms with Gasteiger partial charge in [-0.1, -0.05) is 29.4 Å². The monoisotopic (exact) mass is 308 g/mol. The Morgan fingerprint density at radius 1 is 1.09 bits per heavy atom. The molecule has 0 saturated carbocycles. The van der Waals surface area contributed by atoms with E-state index in [0.717, 1.165) is 5.56 Å². The number of carbonyl (C=O) groups excluding carboxylic acids is 1. The van der Waals surface area contributed by atoms with Crippen molar-refractivity contribution < 1.29 is 14.1 Å². The van der Waals surface area contributed by atoms with Crippen molar-refractivity contribution in [2.45, 2.75) is 13.8 Å². The second-order valence-electron chi connectivity index (χ2n) is 5.19. The van der Waals surface area contributed by atoms with Crippen molar-refractivity contribution in [3.8, 4) is 11.5 Å². The Labute approximate surface area is 133 Å². The quantitative estimate of drug-likeness (QED) is 0.779. The first-order chi connectivity index (χ1) is 11.1. The molecule has 0 aliphatic heterocycles. The van der Waals surface area contributed by atoms with Gasteiger partial charge in [0.2, 0.25) is 0 Å². The fraction of sp³-hybridized carbons (Fsp3) is 0.111. The zero-order valence-corrected chi connectivity index (χ0v) is 12.9. The van der Waals surface area contributed by atoms with Crippen LogP contribution in [0.5, 0.6) is 11.5 Å². The normalized spacial score (nSPS) is 10.3. The van der Waals surface area contributed by atoms with Crippen LogP contribution >= 0.6 is 0 Å². The van der Waals surface area contributed by atoms with Crippen LogP contribution in [-0.2, 0) is 0 Å². The number of rotatable bonds is 4. The number of hydrogen-bond acceptors (Lipinski definition) is 4. The van der Waals surface area contributed by atoms with E-state index in [1.54, 1.807) is 25.1 Å². The zero-order chi connectivity index (χ0) is 16.2. The molecule has 0 spiro atoms. The highest BCUT2D eigenvalue weighted by atomic mass is 16.5. The Morgan fingerprint density at radius 2 is 1.91 bits per heavy atom. The van der Waals surface area contributed by atoms with Crippen LogP contribution in [0.25, 0.3) is 0 Å². The molecular weight excluding hydrogens is 292 g/mol. The molecule has 0 fully saturated rings. The van der Waals surface area contributed by atoms with Crippen LogP contribution in [0.3, 0.4) is 0 Å². The third-order valence-corrected chi connectivity index (χ3v) is 3.21. The lowest BCUT2D eigenvalue weighted by atomic mass is 10.2. The summed E-state index contributed by atoms with van der Waals surface area (Å²) in [7, 11) is 0. The zero-order valence-electron chi connectivity index (χ0n) is 12.9. The van der Waals surface area contributed by atoms with E-state index in [-0.39, 0.29) is 11.6 Å². The average molecular weight is 308 g/mol. The summed E-state index contributed by atoms with van der Waals surface area (Å²) in [6.45, 7) is 3.73.